The van der Waals surface area contributed by atoms with Crippen LogP contribution in [0, 0.1) is 6.92 Å². The third kappa shape index (κ3) is 4.67. The number of carbonyl (C=O) groups excluding carboxylic acids is 1. The number of anilines is 4. The molecule has 7 heteroatoms. The quantitative estimate of drug-likeness (QED) is 0.328. The standard InChI is InChI=1S/C25H24N6O/c1-17-10-8-9-15-20(17)29-23-22(26)24(28-16-27-23)30-31-25(32)21(18-11-4-2-5-12-18)19-13-6-3-7-14-19/h2-16,21H,26H2,1H3,(H,31,32)(H2,27,28,29,30). The topological polar surface area (TPSA) is 105 Å². The molecule has 0 unspecified atom stereocenters. The average Bonchev–Trinajstić information content (AvgIpc) is 2.82. The van der Waals surface area contributed by atoms with E-state index in [1.807, 2.05) is 91.9 Å². The number of aryl methyl sites for hydroxylation is 1. The number of benzene rings is 3. The van der Waals surface area contributed by atoms with E-state index in [0.29, 0.717) is 17.3 Å². The lowest BCUT2D eigenvalue weighted by atomic mass is 9.91. The Morgan fingerprint density at radius 2 is 1.38 bits per heavy atom. The van der Waals surface area contributed by atoms with E-state index in [1.165, 1.54) is 6.33 Å². The van der Waals surface area contributed by atoms with Crippen LogP contribution in [0.15, 0.2) is 91.3 Å². The predicted molar refractivity (Wildman–Crippen MR) is 127 cm³/mol. The molecule has 0 aliphatic heterocycles. The number of hydrazine groups is 1. The fraction of sp³-hybridized carbons (Fsp3) is 0.0800. The number of nitrogens with zero attached hydrogens (tertiary/aromatic N) is 2. The van der Waals surface area contributed by atoms with Gasteiger partial charge in [0.25, 0.3) is 0 Å². The van der Waals surface area contributed by atoms with E-state index in [2.05, 4.69) is 26.1 Å². The van der Waals surface area contributed by atoms with Crippen LogP contribution in [-0.4, -0.2) is 15.9 Å². The van der Waals surface area contributed by atoms with Crippen molar-refractivity contribution in [3.8, 4) is 0 Å². The average molecular weight is 425 g/mol. The lowest BCUT2D eigenvalue weighted by molar-refractivity contribution is -0.121. The minimum Gasteiger partial charge on any atom is -0.393 e. The minimum absolute atomic E-state index is 0.228. The molecule has 1 amide bonds. The zero-order valence-corrected chi connectivity index (χ0v) is 17.6. The number of amides is 1. The van der Waals surface area contributed by atoms with Crippen molar-refractivity contribution >= 4 is 28.9 Å². The van der Waals surface area contributed by atoms with Gasteiger partial charge in [-0.2, -0.15) is 0 Å². The number of nitrogen functional groups attached to an aromatic ring is 1. The number of nitrogens with two attached hydrogens (primary N) is 1. The lowest BCUT2D eigenvalue weighted by Gasteiger charge is -2.19. The summed E-state index contributed by atoms with van der Waals surface area (Å²) in [5, 5.41) is 3.21. The minimum atomic E-state index is -0.488. The highest BCUT2D eigenvalue weighted by Crippen LogP contribution is 2.28. The van der Waals surface area contributed by atoms with E-state index in [4.69, 9.17) is 5.73 Å². The predicted octanol–water partition coefficient (Wildman–Crippen LogP) is 4.39. The summed E-state index contributed by atoms with van der Waals surface area (Å²) in [6.45, 7) is 1.99. The number of para-hydroxylation sites is 1. The lowest BCUT2D eigenvalue weighted by Crippen LogP contribution is -2.35. The fourth-order valence-corrected chi connectivity index (χ4v) is 3.41. The second-order valence-corrected chi connectivity index (χ2v) is 7.29. The molecule has 1 aromatic heterocycles. The van der Waals surface area contributed by atoms with Crippen molar-refractivity contribution in [3.05, 3.63) is 108 Å². The summed E-state index contributed by atoms with van der Waals surface area (Å²) in [5.74, 6) is 0.0457. The highest BCUT2D eigenvalue weighted by molar-refractivity contribution is 5.89. The number of aromatic nitrogens is 2. The summed E-state index contributed by atoms with van der Waals surface area (Å²) >= 11 is 0. The maximum absolute atomic E-state index is 13.2. The van der Waals surface area contributed by atoms with E-state index in [-0.39, 0.29) is 5.91 Å². The van der Waals surface area contributed by atoms with Crippen molar-refractivity contribution in [2.75, 3.05) is 16.5 Å². The number of carbonyl (C=O) groups is 1. The summed E-state index contributed by atoms with van der Waals surface area (Å²) in [6.07, 6.45) is 1.39. The van der Waals surface area contributed by atoms with Crippen LogP contribution in [0.4, 0.5) is 23.0 Å². The molecule has 0 saturated carbocycles. The first-order valence-corrected chi connectivity index (χ1v) is 10.2. The summed E-state index contributed by atoms with van der Waals surface area (Å²) in [5.41, 5.74) is 15.9. The van der Waals surface area contributed by atoms with E-state index in [9.17, 15) is 4.79 Å². The molecule has 0 atom stereocenters. The molecular weight excluding hydrogens is 400 g/mol. The zero-order valence-electron chi connectivity index (χ0n) is 17.6. The first kappa shape index (κ1) is 20.9. The molecule has 3 aromatic carbocycles. The SMILES string of the molecule is Cc1ccccc1Nc1ncnc(NNC(=O)C(c2ccccc2)c2ccccc2)c1N. The Hall–Kier alpha value is -4.39. The molecule has 0 spiro atoms. The summed E-state index contributed by atoms with van der Waals surface area (Å²) in [4.78, 5) is 21.6. The highest BCUT2D eigenvalue weighted by atomic mass is 16.2. The zero-order chi connectivity index (χ0) is 22.3. The molecule has 5 N–H and O–H groups in total. The van der Waals surface area contributed by atoms with Gasteiger partial charge >= 0.3 is 0 Å². The Bertz CT molecular complexity index is 1160. The Morgan fingerprint density at radius 3 is 2.00 bits per heavy atom. The summed E-state index contributed by atoms with van der Waals surface area (Å²) < 4.78 is 0. The van der Waals surface area contributed by atoms with Crippen molar-refractivity contribution in [3.63, 3.8) is 0 Å². The molecule has 0 bridgehead atoms. The molecule has 0 aliphatic rings. The molecule has 7 nitrogen and oxygen atoms in total. The van der Waals surface area contributed by atoms with Crippen molar-refractivity contribution in [1.29, 1.82) is 0 Å². The van der Waals surface area contributed by atoms with Crippen molar-refractivity contribution in [2.45, 2.75) is 12.8 Å². The summed E-state index contributed by atoms with van der Waals surface area (Å²) in [6, 6.07) is 27.1. The smallest absolute Gasteiger partial charge is 0.250 e. The number of nitrogens with one attached hydrogen (secondary N) is 3. The summed E-state index contributed by atoms with van der Waals surface area (Å²) in [7, 11) is 0. The first-order valence-electron chi connectivity index (χ1n) is 10.2. The van der Waals surface area contributed by atoms with Gasteiger partial charge in [-0.25, -0.2) is 9.97 Å². The van der Waals surface area contributed by atoms with E-state index < -0.39 is 5.92 Å². The van der Waals surface area contributed by atoms with Crippen LogP contribution in [0.3, 0.4) is 0 Å². The van der Waals surface area contributed by atoms with Gasteiger partial charge in [-0.1, -0.05) is 78.9 Å². The van der Waals surface area contributed by atoms with E-state index in [1.54, 1.807) is 0 Å². The fourth-order valence-electron chi connectivity index (χ4n) is 3.41. The van der Waals surface area contributed by atoms with Gasteiger partial charge in [-0.15, -0.1) is 0 Å². The molecular formula is C25H24N6O. The molecule has 4 aromatic rings. The van der Waals surface area contributed by atoms with Crippen LogP contribution in [0.1, 0.15) is 22.6 Å². The third-order valence-corrected chi connectivity index (χ3v) is 5.11. The van der Waals surface area contributed by atoms with E-state index >= 15 is 0 Å². The molecule has 0 radical (unpaired) electrons. The van der Waals surface area contributed by atoms with Gasteiger partial charge in [0.2, 0.25) is 5.91 Å². The van der Waals surface area contributed by atoms with Crippen LogP contribution in [0.25, 0.3) is 0 Å². The number of hydrogen-bond donors (Lipinski definition) is 4. The first-order chi connectivity index (χ1) is 15.6. The molecule has 32 heavy (non-hydrogen) atoms. The maximum Gasteiger partial charge on any atom is 0.250 e. The van der Waals surface area contributed by atoms with Crippen molar-refractivity contribution in [1.82, 2.24) is 15.4 Å². The Morgan fingerprint density at radius 1 is 0.812 bits per heavy atom. The maximum atomic E-state index is 13.2. The molecule has 1 heterocycles. The molecule has 0 aliphatic carbocycles. The molecule has 4 rings (SSSR count). The largest absolute Gasteiger partial charge is 0.393 e. The van der Waals surface area contributed by atoms with Gasteiger partial charge in [0.05, 0.1) is 5.92 Å². The van der Waals surface area contributed by atoms with Gasteiger partial charge in [0, 0.05) is 5.69 Å². The molecule has 160 valence electrons. The monoisotopic (exact) mass is 424 g/mol. The molecule has 0 fully saturated rings. The van der Waals surface area contributed by atoms with Gasteiger partial charge in [0.15, 0.2) is 11.6 Å². The van der Waals surface area contributed by atoms with Crippen LogP contribution in [0.5, 0.6) is 0 Å². The number of rotatable bonds is 7. The van der Waals surface area contributed by atoms with Crippen LogP contribution in [0.2, 0.25) is 0 Å². The van der Waals surface area contributed by atoms with Crippen LogP contribution < -0.4 is 21.9 Å². The molecule has 0 saturated heterocycles. The third-order valence-electron chi connectivity index (χ3n) is 5.11. The van der Waals surface area contributed by atoms with Gasteiger partial charge in [-0.05, 0) is 29.7 Å². The second-order valence-electron chi connectivity index (χ2n) is 7.29. The van der Waals surface area contributed by atoms with Gasteiger partial charge < -0.3 is 11.1 Å². The Balaban J connectivity index is 1.53. The van der Waals surface area contributed by atoms with Gasteiger partial charge in [0.1, 0.15) is 12.0 Å². The Kier molecular flexibility index (Phi) is 6.27. The van der Waals surface area contributed by atoms with Crippen LogP contribution in [-0.2, 0) is 4.79 Å². The van der Waals surface area contributed by atoms with Crippen molar-refractivity contribution < 1.29 is 4.79 Å². The normalized spacial score (nSPS) is 10.6. The van der Waals surface area contributed by atoms with Gasteiger partial charge in [-0.3, -0.25) is 15.6 Å². The van der Waals surface area contributed by atoms with E-state index in [0.717, 1.165) is 22.4 Å². The number of hydrogen-bond acceptors (Lipinski definition) is 6. The highest BCUT2D eigenvalue weighted by Gasteiger charge is 2.23. The van der Waals surface area contributed by atoms with Crippen LogP contribution >= 0.6 is 0 Å². The van der Waals surface area contributed by atoms with Crippen molar-refractivity contribution in [2.24, 2.45) is 0 Å². The second kappa shape index (κ2) is 9.61. The Labute approximate surface area is 186 Å².